The summed E-state index contributed by atoms with van der Waals surface area (Å²) in [5.74, 6) is 0.412. The Bertz CT molecular complexity index is 651. The van der Waals surface area contributed by atoms with E-state index < -0.39 is 5.60 Å². The molecular formula is C18H25N3O3. The van der Waals surface area contributed by atoms with Crippen LogP contribution in [0.1, 0.15) is 32.1 Å². The van der Waals surface area contributed by atoms with Gasteiger partial charge < -0.3 is 25.5 Å². The summed E-state index contributed by atoms with van der Waals surface area (Å²) in [4.78, 5) is 11.9. The van der Waals surface area contributed by atoms with Gasteiger partial charge >= 0.3 is 6.03 Å². The maximum atomic E-state index is 11.9. The summed E-state index contributed by atoms with van der Waals surface area (Å²) in [6, 6.07) is 11.3. The van der Waals surface area contributed by atoms with E-state index in [2.05, 4.69) is 29.8 Å². The Morgan fingerprint density at radius 1 is 1.25 bits per heavy atom. The highest BCUT2D eigenvalue weighted by Crippen LogP contribution is 2.19. The van der Waals surface area contributed by atoms with E-state index in [9.17, 15) is 9.90 Å². The molecule has 0 aliphatic rings. The molecule has 0 aliphatic heterocycles. The summed E-state index contributed by atoms with van der Waals surface area (Å²) >= 11 is 0. The molecule has 0 saturated carbocycles. The van der Waals surface area contributed by atoms with Crippen LogP contribution in [0.4, 0.5) is 10.5 Å². The van der Waals surface area contributed by atoms with Crippen LogP contribution in [0.2, 0.25) is 0 Å². The number of furan rings is 1. The molecule has 0 aliphatic carbocycles. The minimum absolute atomic E-state index is 0.0568. The normalized spacial score (nSPS) is 13.4. The predicted octanol–water partition coefficient (Wildman–Crippen LogP) is 2.81. The molecule has 0 saturated heterocycles. The molecule has 6 nitrogen and oxygen atoms in total. The van der Waals surface area contributed by atoms with E-state index >= 15 is 0 Å². The first kappa shape index (κ1) is 17.9. The van der Waals surface area contributed by atoms with Gasteiger partial charge in [0.05, 0.1) is 12.8 Å². The van der Waals surface area contributed by atoms with Crippen LogP contribution in [-0.2, 0) is 12.1 Å². The molecule has 0 spiro atoms. The van der Waals surface area contributed by atoms with Crippen molar-refractivity contribution in [2.24, 2.45) is 0 Å². The van der Waals surface area contributed by atoms with Gasteiger partial charge in [0.25, 0.3) is 0 Å². The summed E-state index contributed by atoms with van der Waals surface area (Å²) < 4.78 is 5.18. The molecule has 24 heavy (non-hydrogen) atoms. The number of benzene rings is 1. The number of rotatable bonds is 7. The first-order valence-corrected chi connectivity index (χ1v) is 8.00. The van der Waals surface area contributed by atoms with Crippen molar-refractivity contribution in [2.75, 3.05) is 11.9 Å². The molecule has 2 aromatic rings. The Hall–Kier alpha value is -2.47. The number of carbonyl (C=O) groups excluding carboxylic acids is 1. The zero-order valence-electron chi connectivity index (χ0n) is 14.3. The fourth-order valence-corrected chi connectivity index (χ4v) is 2.27. The number of carbonyl (C=O) groups is 1. The molecule has 1 atom stereocenters. The Morgan fingerprint density at radius 2 is 2.04 bits per heavy atom. The minimum Gasteiger partial charge on any atom is -0.466 e. The van der Waals surface area contributed by atoms with Crippen LogP contribution in [0.25, 0.3) is 0 Å². The molecule has 4 N–H and O–H groups in total. The van der Waals surface area contributed by atoms with E-state index in [4.69, 9.17) is 4.42 Å². The minimum atomic E-state index is -1.25. The van der Waals surface area contributed by atoms with Crippen molar-refractivity contribution in [3.63, 3.8) is 0 Å². The molecule has 130 valence electrons. The molecule has 2 amide bonds. The lowest BCUT2D eigenvalue weighted by molar-refractivity contribution is 0.0367. The summed E-state index contributed by atoms with van der Waals surface area (Å²) in [6.45, 7) is 6.20. The van der Waals surface area contributed by atoms with Crippen LogP contribution in [0.3, 0.4) is 0 Å². The molecule has 0 radical (unpaired) electrons. The summed E-state index contributed by atoms with van der Waals surface area (Å²) in [7, 11) is 0. The molecule has 0 fully saturated rings. The second-order valence-corrected chi connectivity index (χ2v) is 6.29. The van der Waals surface area contributed by atoms with Crippen molar-refractivity contribution >= 4 is 11.7 Å². The van der Waals surface area contributed by atoms with E-state index in [1.54, 1.807) is 19.1 Å². The SMILES string of the molecule is CC(C)Nc1cccc(CNC(=O)NCC(C)(O)c2ccco2)c1. The molecule has 6 heteroatoms. The third kappa shape index (κ3) is 5.31. The average Bonchev–Trinajstić information content (AvgIpc) is 3.06. The van der Waals surface area contributed by atoms with Gasteiger partial charge in [-0.25, -0.2) is 4.79 Å². The van der Waals surface area contributed by atoms with Gasteiger partial charge in [-0.3, -0.25) is 0 Å². The lowest BCUT2D eigenvalue weighted by atomic mass is 10.0. The number of hydrogen-bond acceptors (Lipinski definition) is 4. The number of amides is 2. The van der Waals surface area contributed by atoms with Gasteiger partial charge in [0.15, 0.2) is 0 Å². The second kappa shape index (κ2) is 7.88. The lowest BCUT2D eigenvalue weighted by Crippen LogP contribution is -2.43. The Balaban J connectivity index is 1.81. The third-order valence-electron chi connectivity index (χ3n) is 3.48. The topological polar surface area (TPSA) is 86.5 Å². The molecule has 0 bridgehead atoms. The van der Waals surface area contributed by atoms with Gasteiger partial charge in [0.1, 0.15) is 11.4 Å². The molecular weight excluding hydrogens is 306 g/mol. The summed E-state index contributed by atoms with van der Waals surface area (Å²) in [5.41, 5.74) is 0.765. The van der Waals surface area contributed by atoms with Gasteiger partial charge in [-0.2, -0.15) is 0 Å². The van der Waals surface area contributed by atoms with Crippen molar-refractivity contribution in [3.8, 4) is 0 Å². The van der Waals surface area contributed by atoms with Crippen molar-refractivity contribution in [2.45, 2.75) is 39.0 Å². The molecule has 2 rings (SSSR count). The quantitative estimate of drug-likeness (QED) is 0.628. The zero-order valence-corrected chi connectivity index (χ0v) is 14.3. The van der Waals surface area contributed by atoms with Gasteiger partial charge in [-0.15, -0.1) is 0 Å². The van der Waals surface area contributed by atoms with Crippen LogP contribution in [0.5, 0.6) is 0 Å². The number of anilines is 1. The van der Waals surface area contributed by atoms with Crippen LogP contribution >= 0.6 is 0 Å². The van der Waals surface area contributed by atoms with E-state index in [0.717, 1.165) is 11.3 Å². The summed E-state index contributed by atoms with van der Waals surface area (Å²) in [6.07, 6.45) is 1.49. The first-order valence-electron chi connectivity index (χ1n) is 8.00. The largest absolute Gasteiger partial charge is 0.466 e. The maximum absolute atomic E-state index is 11.9. The van der Waals surface area contributed by atoms with Crippen LogP contribution in [0, 0.1) is 0 Å². The second-order valence-electron chi connectivity index (χ2n) is 6.29. The Kier molecular flexibility index (Phi) is 5.87. The fourth-order valence-electron chi connectivity index (χ4n) is 2.27. The van der Waals surface area contributed by atoms with E-state index in [0.29, 0.717) is 18.3 Å². The zero-order chi connectivity index (χ0) is 17.6. The number of urea groups is 1. The molecule has 1 unspecified atom stereocenters. The lowest BCUT2D eigenvalue weighted by Gasteiger charge is -2.21. The third-order valence-corrected chi connectivity index (χ3v) is 3.48. The van der Waals surface area contributed by atoms with E-state index in [1.807, 2.05) is 24.3 Å². The summed E-state index contributed by atoms with van der Waals surface area (Å²) in [5, 5.41) is 19.0. The Labute approximate surface area is 142 Å². The van der Waals surface area contributed by atoms with Crippen LogP contribution in [0.15, 0.2) is 47.1 Å². The van der Waals surface area contributed by atoms with Crippen LogP contribution < -0.4 is 16.0 Å². The average molecular weight is 331 g/mol. The highest BCUT2D eigenvalue weighted by atomic mass is 16.4. The van der Waals surface area contributed by atoms with Crippen LogP contribution in [-0.4, -0.2) is 23.7 Å². The highest BCUT2D eigenvalue weighted by Gasteiger charge is 2.26. The maximum Gasteiger partial charge on any atom is 0.315 e. The van der Waals surface area contributed by atoms with Gasteiger partial charge in [0.2, 0.25) is 0 Å². The fraction of sp³-hybridized carbons (Fsp3) is 0.389. The smallest absolute Gasteiger partial charge is 0.315 e. The van der Waals surface area contributed by atoms with Gasteiger partial charge in [0, 0.05) is 18.3 Å². The van der Waals surface area contributed by atoms with Crippen molar-refractivity contribution in [1.29, 1.82) is 0 Å². The van der Waals surface area contributed by atoms with Crippen molar-refractivity contribution in [1.82, 2.24) is 10.6 Å². The van der Waals surface area contributed by atoms with E-state index in [1.165, 1.54) is 6.26 Å². The number of hydrogen-bond donors (Lipinski definition) is 4. The highest BCUT2D eigenvalue weighted by molar-refractivity contribution is 5.74. The molecule has 1 aromatic carbocycles. The monoisotopic (exact) mass is 331 g/mol. The molecule has 1 aromatic heterocycles. The van der Waals surface area contributed by atoms with Crippen molar-refractivity contribution in [3.05, 3.63) is 54.0 Å². The van der Waals surface area contributed by atoms with Gasteiger partial charge in [-0.1, -0.05) is 12.1 Å². The van der Waals surface area contributed by atoms with Gasteiger partial charge in [-0.05, 0) is 50.6 Å². The standard InChI is InChI=1S/C18H25N3O3/c1-13(2)21-15-7-4-6-14(10-15)11-19-17(22)20-12-18(3,23)16-8-5-9-24-16/h4-10,13,21,23H,11-12H2,1-3H3,(H2,19,20,22). The van der Waals surface area contributed by atoms with E-state index in [-0.39, 0.29) is 12.6 Å². The van der Waals surface area contributed by atoms with Crippen molar-refractivity contribution < 1.29 is 14.3 Å². The predicted molar refractivity (Wildman–Crippen MR) is 93.7 cm³/mol. The number of aliphatic hydroxyl groups is 1. The Morgan fingerprint density at radius 3 is 2.71 bits per heavy atom. The first-order chi connectivity index (χ1) is 11.4. The number of nitrogens with one attached hydrogen (secondary N) is 3. The molecule has 1 heterocycles.